The number of nitrogens with one attached hydrogen (secondary N) is 1. The first-order valence-corrected chi connectivity index (χ1v) is 6.37. The summed E-state index contributed by atoms with van der Waals surface area (Å²) in [4.78, 5) is 21.0. The van der Waals surface area contributed by atoms with Crippen molar-refractivity contribution in [2.24, 2.45) is 5.41 Å². The highest BCUT2D eigenvalue weighted by Gasteiger charge is 2.27. The van der Waals surface area contributed by atoms with Gasteiger partial charge in [-0.2, -0.15) is 0 Å². The van der Waals surface area contributed by atoms with Crippen molar-refractivity contribution in [2.75, 3.05) is 11.9 Å². The molecule has 21 heavy (non-hydrogen) atoms. The first-order chi connectivity index (χ1) is 9.70. The van der Waals surface area contributed by atoms with Crippen LogP contribution < -0.4 is 5.32 Å². The van der Waals surface area contributed by atoms with Crippen molar-refractivity contribution in [2.45, 2.75) is 20.8 Å². The summed E-state index contributed by atoms with van der Waals surface area (Å²) in [5.41, 5.74) is 1.18. The monoisotopic (exact) mass is 293 g/mol. The van der Waals surface area contributed by atoms with Crippen LogP contribution in [0, 0.1) is 5.41 Å². The molecule has 0 unspecified atom stereocenters. The second kappa shape index (κ2) is 6.78. The number of carbonyl (C=O) groups excluding carboxylic acids is 1. The van der Waals surface area contributed by atoms with E-state index in [4.69, 9.17) is 14.9 Å². The minimum atomic E-state index is -1.12. The summed E-state index contributed by atoms with van der Waals surface area (Å²) < 4.78 is 4.76. The molecule has 0 spiro atoms. The summed E-state index contributed by atoms with van der Waals surface area (Å²) in [7, 11) is 0. The number of phenolic OH excluding ortho intramolecular Hbond substituents is 1. The fraction of sp³-hybridized carbons (Fsp3) is 0.333. The lowest BCUT2D eigenvalue weighted by Gasteiger charge is -2.16. The number of benzene rings is 1. The molecule has 6 nitrogen and oxygen atoms in total. The van der Waals surface area contributed by atoms with E-state index < -0.39 is 6.09 Å². The number of phenols is 1. The quantitative estimate of drug-likeness (QED) is 0.546. The smallest absolute Gasteiger partial charge is 0.409 e. The minimum absolute atomic E-state index is 0.0619. The molecule has 0 saturated carbocycles. The van der Waals surface area contributed by atoms with Gasteiger partial charge in [0.25, 0.3) is 0 Å². The highest BCUT2D eigenvalue weighted by Crippen LogP contribution is 2.28. The van der Waals surface area contributed by atoms with Crippen molar-refractivity contribution in [1.29, 1.82) is 0 Å². The van der Waals surface area contributed by atoms with Gasteiger partial charge in [-0.15, -0.1) is 0 Å². The van der Waals surface area contributed by atoms with E-state index in [1.807, 2.05) is 26.8 Å². The van der Waals surface area contributed by atoms with Gasteiger partial charge in [0.2, 0.25) is 0 Å². The number of carboxylic acid groups (broad SMARTS) is 1. The molecular weight excluding hydrogens is 274 g/mol. The molecule has 1 aromatic rings. The zero-order chi connectivity index (χ0) is 16.0. The third-order valence-corrected chi connectivity index (χ3v) is 2.65. The van der Waals surface area contributed by atoms with Crippen LogP contribution in [0.25, 0.3) is 0 Å². The number of amides is 1. The SMILES string of the molecule is CC(C)(C)C1=CCOC1=O.O=C(O)Nc1ccc(O)cc1. The van der Waals surface area contributed by atoms with Gasteiger partial charge < -0.3 is 14.9 Å². The van der Waals surface area contributed by atoms with Crippen LogP contribution >= 0.6 is 0 Å². The second-order valence-corrected chi connectivity index (χ2v) is 5.44. The Balaban J connectivity index is 0.000000211. The van der Waals surface area contributed by atoms with Crippen molar-refractivity contribution in [3.8, 4) is 5.75 Å². The molecule has 0 aliphatic carbocycles. The fourth-order valence-corrected chi connectivity index (χ4v) is 1.64. The normalized spacial score (nSPS) is 13.7. The van der Waals surface area contributed by atoms with Gasteiger partial charge in [0.05, 0.1) is 0 Å². The number of carbonyl (C=O) groups is 2. The molecule has 0 bridgehead atoms. The number of hydrogen-bond donors (Lipinski definition) is 3. The van der Waals surface area contributed by atoms with Crippen molar-refractivity contribution < 1.29 is 24.5 Å². The van der Waals surface area contributed by atoms with Crippen molar-refractivity contribution in [3.63, 3.8) is 0 Å². The van der Waals surface area contributed by atoms with Crippen molar-refractivity contribution >= 4 is 17.7 Å². The summed E-state index contributed by atoms with van der Waals surface area (Å²) in [5.74, 6) is -0.0477. The first-order valence-electron chi connectivity index (χ1n) is 6.37. The standard InChI is InChI=1S/C8H12O2.C7H7NO3/c1-8(2,3)6-4-5-10-7(6)9;9-6-3-1-5(2-4-6)8-7(10)11/h4H,5H2,1-3H3;1-4,8-9H,(H,10,11). The van der Waals surface area contributed by atoms with Gasteiger partial charge in [-0.3, -0.25) is 5.32 Å². The topological polar surface area (TPSA) is 95.9 Å². The number of anilines is 1. The summed E-state index contributed by atoms with van der Waals surface area (Å²) in [5, 5.41) is 19.2. The van der Waals surface area contributed by atoms with Gasteiger partial charge in [-0.05, 0) is 35.8 Å². The van der Waals surface area contributed by atoms with E-state index in [9.17, 15) is 9.59 Å². The van der Waals surface area contributed by atoms with E-state index in [1.54, 1.807) is 0 Å². The third kappa shape index (κ3) is 5.56. The Morgan fingerprint density at radius 2 is 1.81 bits per heavy atom. The summed E-state index contributed by atoms with van der Waals surface area (Å²) in [6.45, 7) is 6.47. The predicted molar refractivity (Wildman–Crippen MR) is 78.3 cm³/mol. The van der Waals surface area contributed by atoms with Crippen LogP contribution in [0.4, 0.5) is 10.5 Å². The molecule has 1 aliphatic heterocycles. The zero-order valence-corrected chi connectivity index (χ0v) is 12.2. The summed E-state index contributed by atoms with van der Waals surface area (Å²) in [6, 6.07) is 5.77. The summed E-state index contributed by atoms with van der Waals surface area (Å²) >= 11 is 0. The van der Waals surface area contributed by atoms with E-state index in [0.717, 1.165) is 5.57 Å². The number of cyclic esters (lactones) is 1. The van der Waals surface area contributed by atoms with E-state index in [2.05, 4.69) is 5.32 Å². The molecule has 1 heterocycles. The highest BCUT2D eigenvalue weighted by atomic mass is 16.5. The van der Waals surface area contributed by atoms with Gasteiger partial charge in [-0.25, -0.2) is 9.59 Å². The van der Waals surface area contributed by atoms with E-state index >= 15 is 0 Å². The molecule has 0 aromatic heterocycles. The van der Waals surface area contributed by atoms with Gasteiger partial charge >= 0.3 is 12.1 Å². The number of hydrogen-bond acceptors (Lipinski definition) is 4. The fourth-order valence-electron chi connectivity index (χ4n) is 1.64. The molecular formula is C15H19NO5. The maximum atomic E-state index is 10.9. The lowest BCUT2D eigenvalue weighted by molar-refractivity contribution is -0.136. The summed E-state index contributed by atoms with van der Waals surface area (Å²) in [6.07, 6.45) is 0.734. The van der Waals surface area contributed by atoms with E-state index in [1.165, 1.54) is 24.3 Å². The molecule has 0 atom stereocenters. The van der Waals surface area contributed by atoms with Gasteiger partial charge in [0.15, 0.2) is 0 Å². The molecule has 0 saturated heterocycles. The number of esters is 1. The Morgan fingerprint density at radius 1 is 1.24 bits per heavy atom. The Kier molecular flexibility index (Phi) is 5.35. The maximum Gasteiger partial charge on any atom is 0.409 e. The van der Waals surface area contributed by atoms with Gasteiger partial charge in [0, 0.05) is 11.3 Å². The Bertz CT molecular complexity index is 540. The Morgan fingerprint density at radius 3 is 2.14 bits per heavy atom. The number of aromatic hydroxyl groups is 1. The molecule has 114 valence electrons. The second-order valence-electron chi connectivity index (χ2n) is 5.44. The van der Waals surface area contributed by atoms with Crippen LogP contribution in [-0.2, 0) is 9.53 Å². The van der Waals surface area contributed by atoms with Crippen LogP contribution in [0.2, 0.25) is 0 Å². The van der Waals surface area contributed by atoms with E-state index in [0.29, 0.717) is 12.3 Å². The van der Waals surface area contributed by atoms with Crippen LogP contribution in [0.3, 0.4) is 0 Å². The maximum absolute atomic E-state index is 10.9. The highest BCUT2D eigenvalue weighted by molar-refractivity contribution is 5.91. The molecule has 1 amide bonds. The lowest BCUT2D eigenvalue weighted by atomic mass is 9.87. The zero-order valence-electron chi connectivity index (χ0n) is 12.2. The van der Waals surface area contributed by atoms with Crippen LogP contribution in [0.15, 0.2) is 35.9 Å². The van der Waals surface area contributed by atoms with Crippen LogP contribution in [-0.4, -0.2) is 28.9 Å². The molecule has 1 aliphatic rings. The molecule has 0 radical (unpaired) electrons. The average molecular weight is 293 g/mol. The molecule has 0 fully saturated rings. The molecule has 2 rings (SSSR count). The minimum Gasteiger partial charge on any atom is -0.508 e. The largest absolute Gasteiger partial charge is 0.508 e. The first kappa shape index (κ1) is 16.6. The van der Waals surface area contributed by atoms with Gasteiger partial charge in [-0.1, -0.05) is 20.8 Å². The lowest BCUT2D eigenvalue weighted by Crippen LogP contribution is -2.15. The van der Waals surface area contributed by atoms with Crippen LogP contribution in [0.5, 0.6) is 5.75 Å². The Labute approximate surface area is 123 Å². The van der Waals surface area contributed by atoms with Crippen molar-refractivity contribution in [3.05, 3.63) is 35.9 Å². The molecule has 3 N–H and O–H groups in total. The molecule has 1 aromatic carbocycles. The van der Waals surface area contributed by atoms with Gasteiger partial charge in [0.1, 0.15) is 12.4 Å². The third-order valence-electron chi connectivity index (χ3n) is 2.65. The predicted octanol–water partition coefficient (Wildman–Crippen LogP) is 3.00. The number of ether oxygens (including phenoxy) is 1. The van der Waals surface area contributed by atoms with E-state index in [-0.39, 0.29) is 17.1 Å². The van der Waals surface area contributed by atoms with Crippen molar-refractivity contribution in [1.82, 2.24) is 0 Å². The number of rotatable bonds is 1. The molecule has 6 heteroatoms. The van der Waals surface area contributed by atoms with Crippen LogP contribution in [0.1, 0.15) is 20.8 Å². The Hall–Kier alpha value is -2.50. The average Bonchev–Trinajstić information content (AvgIpc) is 2.79.